The van der Waals surface area contributed by atoms with Gasteiger partial charge in [-0.3, -0.25) is 4.79 Å². The molecule has 2 rings (SSSR count). The van der Waals surface area contributed by atoms with Crippen molar-refractivity contribution in [3.63, 3.8) is 0 Å². The highest BCUT2D eigenvalue weighted by molar-refractivity contribution is 5.90. The highest BCUT2D eigenvalue weighted by Gasteiger charge is 2.29. The SMILES string of the molecule is CCOC1CC(Nc2ccc(NC(=O)CC)cc2)C1. The lowest BCUT2D eigenvalue weighted by atomic mass is 9.89. The van der Waals surface area contributed by atoms with Crippen LogP contribution in [0.25, 0.3) is 0 Å². The lowest BCUT2D eigenvalue weighted by Gasteiger charge is -2.36. The van der Waals surface area contributed by atoms with Crippen LogP contribution in [0.1, 0.15) is 33.1 Å². The van der Waals surface area contributed by atoms with Gasteiger partial charge >= 0.3 is 0 Å². The topological polar surface area (TPSA) is 50.4 Å². The van der Waals surface area contributed by atoms with Crippen LogP contribution in [0.2, 0.25) is 0 Å². The van der Waals surface area contributed by atoms with Gasteiger partial charge in [0.15, 0.2) is 0 Å². The van der Waals surface area contributed by atoms with Gasteiger partial charge < -0.3 is 15.4 Å². The third kappa shape index (κ3) is 3.96. The molecule has 0 aromatic heterocycles. The monoisotopic (exact) mass is 262 g/mol. The fourth-order valence-corrected chi connectivity index (χ4v) is 2.19. The molecule has 4 nitrogen and oxygen atoms in total. The van der Waals surface area contributed by atoms with E-state index in [1.54, 1.807) is 0 Å². The highest BCUT2D eigenvalue weighted by atomic mass is 16.5. The standard InChI is InChI=1S/C15H22N2O2/c1-3-15(18)17-12-7-5-11(6-8-12)16-13-9-14(10-13)19-4-2/h5-8,13-14,16H,3-4,9-10H2,1-2H3,(H,17,18). The van der Waals surface area contributed by atoms with Gasteiger partial charge in [-0.15, -0.1) is 0 Å². The van der Waals surface area contributed by atoms with Crippen molar-refractivity contribution in [2.75, 3.05) is 17.2 Å². The molecule has 19 heavy (non-hydrogen) atoms. The summed E-state index contributed by atoms with van der Waals surface area (Å²) in [5.74, 6) is 0.0410. The van der Waals surface area contributed by atoms with Crippen LogP contribution in [-0.4, -0.2) is 24.7 Å². The Morgan fingerprint density at radius 1 is 1.21 bits per heavy atom. The molecule has 4 heteroatoms. The number of hydrogen-bond donors (Lipinski definition) is 2. The Labute approximate surface area is 114 Å². The summed E-state index contributed by atoms with van der Waals surface area (Å²) in [6.45, 7) is 4.67. The molecule has 1 fully saturated rings. The Bertz CT molecular complexity index is 411. The van der Waals surface area contributed by atoms with Gasteiger partial charge in [0.25, 0.3) is 0 Å². The molecule has 0 aliphatic heterocycles. The minimum absolute atomic E-state index is 0.0410. The zero-order valence-corrected chi connectivity index (χ0v) is 11.6. The molecule has 1 aliphatic rings. The Hall–Kier alpha value is -1.55. The van der Waals surface area contributed by atoms with E-state index in [9.17, 15) is 4.79 Å². The summed E-state index contributed by atoms with van der Waals surface area (Å²) in [7, 11) is 0. The molecule has 1 aliphatic carbocycles. The van der Waals surface area contributed by atoms with E-state index in [2.05, 4.69) is 10.6 Å². The predicted molar refractivity (Wildman–Crippen MR) is 77.4 cm³/mol. The predicted octanol–water partition coefficient (Wildman–Crippen LogP) is 3.01. The zero-order chi connectivity index (χ0) is 13.7. The first-order valence-corrected chi connectivity index (χ1v) is 6.99. The number of amides is 1. The van der Waals surface area contributed by atoms with Crippen molar-refractivity contribution >= 4 is 17.3 Å². The van der Waals surface area contributed by atoms with Gasteiger partial charge in [-0.05, 0) is 44.0 Å². The van der Waals surface area contributed by atoms with Crippen LogP contribution in [-0.2, 0) is 9.53 Å². The minimum Gasteiger partial charge on any atom is -0.382 e. The number of anilines is 2. The molecular weight excluding hydrogens is 240 g/mol. The Balaban J connectivity index is 1.78. The average molecular weight is 262 g/mol. The van der Waals surface area contributed by atoms with Crippen LogP contribution in [0.3, 0.4) is 0 Å². The van der Waals surface area contributed by atoms with Crippen molar-refractivity contribution in [1.29, 1.82) is 0 Å². The van der Waals surface area contributed by atoms with Crippen molar-refractivity contribution in [1.82, 2.24) is 0 Å². The fourth-order valence-electron chi connectivity index (χ4n) is 2.19. The molecule has 0 heterocycles. The van der Waals surface area contributed by atoms with Gasteiger partial charge in [-0.2, -0.15) is 0 Å². The second kappa shape index (κ2) is 6.57. The molecule has 1 aromatic rings. The lowest BCUT2D eigenvalue weighted by Crippen LogP contribution is -2.40. The smallest absolute Gasteiger partial charge is 0.224 e. The van der Waals surface area contributed by atoms with E-state index in [1.165, 1.54) is 0 Å². The minimum atomic E-state index is 0.0410. The first-order chi connectivity index (χ1) is 9.21. The maximum Gasteiger partial charge on any atom is 0.224 e. The Morgan fingerprint density at radius 2 is 1.84 bits per heavy atom. The molecule has 0 spiro atoms. The molecule has 1 amide bonds. The summed E-state index contributed by atoms with van der Waals surface area (Å²) in [6, 6.07) is 8.36. The fraction of sp³-hybridized carbons (Fsp3) is 0.533. The van der Waals surface area contributed by atoms with Crippen LogP contribution in [0, 0.1) is 0 Å². The first kappa shape index (κ1) is 13.9. The van der Waals surface area contributed by atoms with E-state index < -0.39 is 0 Å². The maximum atomic E-state index is 11.3. The summed E-state index contributed by atoms with van der Waals surface area (Å²) < 4.78 is 5.53. The van der Waals surface area contributed by atoms with E-state index in [1.807, 2.05) is 38.1 Å². The summed E-state index contributed by atoms with van der Waals surface area (Å²) in [5, 5.41) is 6.31. The number of benzene rings is 1. The third-order valence-corrected chi connectivity index (χ3v) is 3.36. The summed E-state index contributed by atoms with van der Waals surface area (Å²) in [4.78, 5) is 11.3. The van der Waals surface area contributed by atoms with Crippen LogP contribution < -0.4 is 10.6 Å². The van der Waals surface area contributed by atoms with Gasteiger partial charge in [0.1, 0.15) is 0 Å². The average Bonchev–Trinajstić information content (AvgIpc) is 2.38. The van der Waals surface area contributed by atoms with E-state index in [-0.39, 0.29) is 5.91 Å². The number of nitrogens with one attached hydrogen (secondary N) is 2. The molecular formula is C15H22N2O2. The maximum absolute atomic E-state index is 11.3. The Morgan fingerprint density at radius 3 is 2.42 bits per heavy atom. The van der Waals surface area contributed by atoms with E-state index in [4.69, 9.17) is 4.74 Å². The van der Waals surface area contributed by atoms with E-state index in [0.717, 1.165) is 30.8 Å². The summed E-state index contributed by atoms with van der Waals surface area (Å²) in [5.41, 5.74) is 1.94. The molecule has 0 bridgehead atoms. The molecule has 0 saturated heterocycles. The van der Waals surface area contributed by atoms with Crippen molar-refractivity contribution in [2.45, 2.75) is 45.3 Å². The molecule has 1 aromatic carbocycles. The van der Waals surface area contributed by atoms with Gasteiger partial charge in [0.2, 0.25) is 5.91 Å². The van der Waals surface area contributed by atoms with Gasteiger partial charge in [-0.1, -0.05) is 6.92 Å². The molecule has 104 valence electrons. The summed E-state index contributed by atoms with van der Waals surface area (Å²) in [6.07, 6.45) is 3.07. The van der Waals surface area contributed by atoms with Crippen molar-refractivity contribution < 1.29 is 9.53 Å². The molecule has 2 N–H and O–H groups in total. The molecule has 0 radical (unpaired) electrons. The molecule has 1 saturated carbocycles. The van der Waals surface area contributed by atoms with E-state index in [0.29, 0.717) is 18.6 Å². The molecule has 0 unspecified atom stereocenters. The zero-order valence-electron chi connectivity index (χ0n) is 11.6. The number of hydrogen-bond acceptors (Lipinski definition) is 3. The number of carbonyl (C=O) groups excluding carboxylic acids is 1. The second-order valence-electron chi connectivity index (χ2n) is 4.87. The normalized spacial score (nSPS) is 21.6. The van der Waals surface area contributed by atoms with E-state index >= 15 is 0 Å². The first-order valence-electron chi connectivity index (χ1n) is 6.99. The number of rotatable bonds is 6. The third-order valence-electron chi connectivity index (χ3n) is 3.36. The van der Waals surface area contributed by atoms with Crippen LogP contribution in [0.5, 0.6) is 0 Å². The summed E-state index contributed by atoms with van der Waals surface area (Å²) >= 11 is 0. The van der Waals surface area contributed by atoms with Gasteiger partial charge in [0, 0.05) is 30.4 Å². The van der Waals surface area contributed by atoms with Gasteiger partial charge in [-0.25, -0.2) is 0 Å². The highest BCUT2D eigenvalue weighted by Crippen LogP contribution is 2.27. The molecule has 0 atom stereocenters. The van der Waals surface area contributed by atoms with Crippen LogP contribution in [0.15, 0.2) is 24.3 Å². The number of carbonyl (C=O) groups is 1. The van der Waals surface area contributed by atoms with Crippen molar-refractivity contribution in [3.8, 4) is 0 Å². The largest absolute Gasteiger partial charge is 0.382 e. The lowest BCUT2D eigenvalue weighted by molar-refractivity contribution is -0.115. The number of ether oxygens (including phenoxy) is 1. The van der Waals surface area contributed by atoms with Crippen LogP contribution in [0.4, 0.5) is 11.4 Å². The van der Waals surface area contributed by atoms with Crippen molar-refractivity contribution in [2.24, 2.45) is 0 Å². The quantitative estimate of drug-likeness (QED) is 0.828. The second-order valence-corrected chi connectivity index (χ2v) is 4.87. The Kier molecular flexibility index (Phi) is 4.80. The van der Waals surface area contributed by atoms with Crippen LogP contribution >= 0.6 is 0 Å². The van der Waals surface area contributed by atoms with Gasteiger partial charge in [0.05, 0.1) is 6.10 Å². The van der Waals surface area contributed by atoms with Crippen molar-refractivity contribution in [3.05, 3.63) is 24.3 Å².